The van der Waals surface area contributed by atoms with Gasteiger partial charge in [0, 0.05) is 18.0 Å². The lowest BCUT2D eigenvalue weighted by Crippen LogP contribution is -2.16. The summed E-state index contributed by atoms with van der Waals surface area (Å²) in [6, 6.07) is 10.0. The molecule has 7 nitrogen and oxygen atoms in total. The average molecular weight is 422 g/mol. The standard InChI is InChI=1S/C22H23N5O2S/c1-14-19-20(15-7-9-17(10-8-15)29-16-5-2-3-6-16)30-13-18(28)25-21(19)27(26-14)22-23-11-4-12-24-22/h4,7-12,16,20H,2-3,5-6,13H2,1H3,(H,25,28). The number of rotatable bonds is 4. The first-order valence-corrected chi connectivity index (χ1v) is 11.3. The van der Waals surface area contributed by atoms with Gasteiger partial charge in [-0.05, 0) is 56.4 Å². The fraction of sp³-hybridized carbons (Fsp3) is 0.364. The van der Waals surface area contributed by atoms with Crippen LogP contribution < -0.4 is 10.1 Å². The quantitative estimate of drug-likeness (QED) is 0.684. The third kappa shape index (κ3) is 3.67. The molecule has 1 aliphatic heterocycles. The van der Waals surface area contributed by atoms with Gasteiger partial charge >= 0.3 is 0 Å². The number of nitrogens with one attached hydrogen (secondary N) is 1. The van der Waals surface area contributed by atoms with Gasteiger partial charge in [-0.3, -0.25) is 4.79 Å². The van der Waals surface area contributed by atoms with Crippen LogP contribution in [0.1, 0.15) is 47.8 Å². The maximum Gasteiger partial charge on any atom is 0.252 e. The SMILES string of the molecule is Cc1nn(-c2ncccn2)c2c1C(c1ccc(OC3CCCC3)cc1)SCC(=O)N2. The lowest BCUT2D eigenvalue weighted by molar-refractivity contribution is -0.113. The Morgan fingerprint density at radius 2 is 1.87 bits per heavy atom. The van der Waals surface area contributed by atoms with Crippen LogP contribution in [0.4, 0.5) is 5.82 Å². The van der Waals surface area contributed by atoms with E-state index in [1.54, 1.807) is 34.9 Å². The van der Waals surface area contributed by atoms with Crippen molar-refractivity contribution in [3.8, 4) is 11.7 Å². The molecule has 30 heavy (non-hydrogen) atoms. The molecule has 3 aromatic rings. The Hall–Kier alpha value is -2.87. The van der Waals surface area contributed by atoms with E-state index in [-0.39, 0.29) is 11.2 Å². The second-order valence-corrected chi connectivity index (χ2v) is 8.73. The van der Waals surface area contributed by atoms with Gasteiger partial charge < -0.3 is 10.1 Å². The van der Waals surface area contributed by atoms with E-state index in [1.165, 1.54) is 12.8 Å². The van der Waals surface area contributed by atoms with Crippen LogP contribution in [0.15, 0.2) is 42.7 Å². The third-order valence-electron chi connectivity index (χ3n) is 5.54. The molecule has 1 aromatic carbocycles. The van der Waals surface area contributed by atoms with Gasteiger partial charge in [0.2, 0.25) is 5.91 Å². The number of ether oxygens (including phenoxy) is 1. The summed E-state index contributed by atoms with van der Waals surface area (Å²) in [7, 11) is 0. The van der Waals surface area contributed by atoms with Gasteiger partial charge in [0.1, 0.15) is 11.6 Å². The first-order valence-electron chi connectivity index (χ1n) is 10.2. The predicted molar refractivity (Wildman–Crippen MR) is 116 cm³/mol. The van der Waals surface area contributed by atoms with Crippen molar-refractivity contribution in [1.29, 1.82) is 0 Å². The fourth-order valence-corrected chi connectivity index (χ4v) is 5.30. The summed E-state index contributed by atoms with van der Waals surface area (Å²) in [6.07, 6.45) is 8.44. The first kappa shape index (κ1) is 19.1. The first-order chi connectivity index (χ1) is 14.7. The van der Waals surface area contributed by atoms with Crippen LogP contribution in [0, 0.1) is 6.92 Å². The van der Waals surface area contributed by atoms with E-state index >= 15 is 0 Å². The number of thioether (sulfide) groups is 1. The molecule has 3 heterocycles. The van der Waals surface area contributed by atoms with Crippen LogP contribution in [-0.4, -0.2) is 37.5 Å². The number of nitrogens with zero attached hydrogens (tertiary/aromatic N) is 4. The Morgan fingerprint density at radius 3 is 2.60 bits per heavy atom. The van der Waals surface area contributed by atoms with E-state index in [4.69, 9.17) is 4.74 Å². The molecule has 8 heteroatoms. The molecule has 1 amide bonds. The van der Waals surface area contributed by atoms with Gasteiger partial charge in [-0.2, -0.15) is 9.78 Å². The van der Waals surface area contributed by atoms with Crippen molar-refractivity contribution in [2.75, 3.05) is 11.1 Å². The summed E-state index contributed by atoms with van der Waals surface area (Å²) in [5.41, 5.74) is 2.96. The van der Waals surface area contributed by atoms with Crippen LogP contribution in [0.5, 0.6) is 5.75 Å². The molecule has 0 saturated heterocycles. The summed E-state index contributed by atoms with van der Waals surface area (Å²) in [4.78, 5) is 21.0. The predicted octanol–water partition coefficient (Wildman–Crippen LogP) is 4.07. The van der Waals surface area contributed by atoms with Crippen LogP contribution >= 0.6 is 11.8 Å². The molecule has 1 saturated carbocycles. The third-order valence-corrected chi connectivity index (χ3v) is 6.81. The number of benzene rings is 1. The molecule has 154 valence electrons. The monoisotopic (exact) mass is 421 g/mol. The number of aromatic nitrogens is 4. The van der Waals surface area contributed by atoms with Crippen molar-refractivity contribution in [3.63, 3.8) is 0 Å². The van der Waals surface area contributed by atoms with Crippen molar-refractivity contribution in [3.05, 3.63) is 59.5 Å². The molecule has 5 rings (SSSR count). The van der Waals surface area contributed by atoms with Gasteiger partial charge in [-0.1, -0.05) is 12.1 Å². The zero-order valence-electron chi connectivity index (χ0n) is 16.7. The minimum atomic E-state index is -0.0537. The highest BCUT2D eigenvalue weighted by molar-refractivity contribution is 8.00. The highest BCUT2D eigenvalue weighted by atomic mass is 32.2. The largest absolute Gasteiger partial charge is 0.490 e. The molecule has 0 radical (unpaired) electrons. The summed E-state index contributed by atoms with van der Waals surface area (Å²) >= 11 is 1.60. The average Bonchev–Trinajstić information content (AvgIpc) is 3.34. The lowest BCUT2D eigenvalue weighted by atomic mass is 10.0. The normalized spacial score (nSPS) is 19.2. The Labute approximate surface area is 179 Å². The molecule has 0 bridgehead atoms. The molecule has 1 atom stereocenters. The van der Waals surface area contributed by atoms with Crippen LogP contribution in [0.3, 0.4) is 0 Å². The minimum Gasteiger partial charge on any atom is -0.490 e. The van der Waals surface area contributed by atoms with Crippen molar-refractivity contribution in [2.45, 2.75) is 44.0 Å². The maximum atomic E-state index is 12.4. The van der Waals surface area contributed by atoms with E-state index in [0.29, 0.717) is 23.6 Å². The topological polar surface area (TPSA) is 81.9 Å². The van der Waals surface area contributed by atoms with Crippen LogP contribution in [0.2, 0.25) is 0 Å². The fourth-order valence-electron chi connectivity index (χ4n) is 4.11. The number of carbonyl (C=O) groups excluding carboxylic acids is 1. The number of hydrogen-bond acceptors (Lipinski definition) is 6. The van der Waals surface area contributed by atoms with E-state index in [9.17, 15) is 4.79 Å². The lowest BCUT2D eigenvalue weighted by Gasteiger charge is -2.17. The zero-order valence-corrected chi connectivity index (χ0v) is 17.6. The van der Waals surface area contributed by atoms with E-state index in [0.717, 1.165) is 35.4 Å². The molecule has 1 aliphatic carbocycles. The molecular weight excluding hydrogens is 398 g/mol. The van der Waals surface area contributed by atoms with Gasteiger partial charge in [-0.15, -0.1) is 11.8 Å². The zero-order chi connectivity index (χ0) is 20.5. The summed E-state index contributed by atoms with van der Waals surface area (Å²) < 4.78 is 7.73. The summed E-state index contributed by atoms with van der Waals surface area (Å²) in [5.74, 6) is 2.30. The number of anilines is 1. The number of amides is 1. The van der Waals surface area contributed by atoms with E-state index < -0.39 is 0 Å². The Kier molecular flexibility index (Phi) is 5.16. The number of carbonyl (C=O) groups is 1. The number of hydrogen-bond donors (Lipinski definition) is 1. The van der Waals surface area contributed by atoms with Gasteiger partial charge in [0.15, 0.2) is 0 Å². The molecule has 0 spiro atoms. The van der Waals surface area contributed by atoms with E-state index in [2.05, 4.69) is 32.5 Å². The minimum absolute atomic E-state index is 0.0167. The smallest absolute Gasteiger partial charge is 0.252 e. The molecule has 1 unspecified atom stereocenters. The highest BCUT2D eigenvalue weighted by Gasteiger charge is 2.31. The maximum absolute atomic E-state index is 12.4. The van der Waals surface area contributed by atoms with Crippen molar-refractivity contribution in [1.82, 2.24) is 19.7 Å². The van der Waals surface area contributed by atoms with E-state index in [1.807, 2.05) is 19.1 Å². The second-order valence-electron chi connectivity index (χ2n) is 7.64. The summed E-state index contributed by atoms with van der Waals surface area (Å²) in [5, 5.41) is 7.63. The van der Waals surface area contributed by atoms with Crippen molar-refractivity contribution in [2.24, 2.45) is 0 Å². The van der Waals surface area contributed by atoms with Gasteiger partial charge in [0.25, 0.3) is 5.95 Å². The Bertz CT molecular complexity index is 1050. The molecular formula is C22H23N5O2S. The van der Waals surface area contributed by atoms with Crippen LogP contribution in [-0.2, 0) is 4.79 Å². The Balaban J connectivity index is 1.49. The van der Waals surface area contributed by atoms with Gasteiger partial charge in [-0.25, -0.2) is 9.97 Å². The molecule has 2 aromatic heterocycles. The Morgan fingerprint density at radius 1 is 1.13 bits per heavy atom. The van der Waals surface area contributed by atoms with Crippen molar-refractivity contribution < 1.29 is 9.53 Å². The molecule has 1 fully saturated rings. The van der Waals surface area contributed by atoms with Crippen molar-refractivity contribution >= 4 is 23.5 Å². The number of fused-ring (bicyclic) bond motifs is 1. The second kappa shape index (κ2) is 8.10. The molecule has 1 N–H and O–H groups in total. The van der Waals surface area contributed by atoms with Crippen LogP contribution in [0.25, 0.3) is 5.95 Å². The summed E-state index contributed by atoms with van der Waals surface area (Å²) in [6.45, 7) is 1.96. The van der Waals surface area contributed by atoms with Gasteiger partial charge in [0.05, 0.1) is 22.8 Å². The molecule has 2 aliphatic rings. The highest BCUT2D eigenvalue weighted by Crippen LogP contribution is 2.44. The number of aryl methyl sites for hydroxylation is 1.